The van der Waals surface area contributed by atoms with Crippen LogP contribution in [0.25, 0.3) is 0 Å². The summed E-state index contributed by atoms with van der Waals surface area (Å²) in [6.07, 6.45) is -0.189. The lowest BCUT2D eigenvalue weighted by atomic mass is 10.1. The lowest BCUT2D eigenvalue weighted by Gasteiger charge is -2.15. The third kappa shape index (κ3) is 22.5. The molecule has 0 aromatic carbocycles. The van der Waals surface area contributed by atoms with Gasteiger partial charge in [0.25, 0.3) is 0 Å². The molecule has 12 heavy (non-hydrogen) atoms. The molecular formula is C5H14BF4OP. The number of rotatable bonds is 1. The van der Waals surface area contributed by atoms with Gasteiger partial charge in [-0.05, 0) is 30.0 Å². The van der Waals surface area contributed by atoms with Crippen molar-refractivity contribution in [2.45, 2.75) is 32.0 Å². The molecule has 1 nitrogen and oxygen atoms in total. The van der Waals surface area contributed by atoms with Crippen LogP contribution in [0.5, 0.6) is 0 Å². The molecule has 0 saturated heterocycles. The van der Waals surface area contributed by atoms with Crippen LogP contribution in [0.4, 0.5) is 17.3 Å². The molecule has 0 saturated carbocycles. The Balaban J connectivity index is 0. The molecule has 0 aromatic rings. The molecule has 0 aromatic heterocycles. The van der Waals surface area contributed by atoms with Gasteiger partial charge in [-0.25, -0.2) is 0 Å². The Hall–Kier alpha value is 0.175. The number of hydrogen-bond acceptors (Lipinski definition) is 1. The average Bonchev–Trinajstić information content (AvgIpc) is 1.55. The summed E-state index contributed by atoms with van der Waals surface area (Å²) in [7, 11) is -4.18. The van der Waals surface area contributed by atoms with Gasteiger partial charge in [0.1, 0.15) is 0 Å². The van der Waals surface area contributed by atoms with Crippen LogP contribution in [0.3, 0.4) is 0 Å². The van der Waals surface area contributed by atoms with E-state index in [1.807, 2.05) is 30.0 Å². The van der Waals surface area contributed by atoms with Gasteiger partial charge in [0.05, 0.1) is 11.3 Å². The topological polar surface area (TPSA) is 20.2 Å². The smallest absolute Gasteiger partial charge is 0.418 e. The molecule has 0 fully saturated rings. The summed E-state index contributed by atoms with van der Waals surface area (Å²) in [6.45, 7) is 5.86. The summed E-state index contributed by atoms with van der Waals surface area (Å²) >= 11 is 0. The van der Waals surface area contributed by atoms with Crippen LogP contribution in [-0.4, -0.2) is 23.6 Å². The number of hydrogen-bond donors (Lipinski definition) is 1. The van der Waals surface area contributed by atoms with Gasteiger partial charge in [0, 0.05) is 0 Å². The van der Waals surface area contributed by atoms with Crippen molar-refractivity contribution in [1.82, 2.24) is 0 Å². The molecule has 1 N–H and O–H groups in total. The normalized spacial score (nSPS) is 15.0. The average molecular weight is 208 g/mol. The maximum absolute atomic E-state index is 9.75. The van der Waals surface area contributed by atoms with Crippen LogP contribution in [0.2, 0.25) is 0 Å². The van der Waals surface area contributed by atoms with Crippen LogP contribution in [-0.2, 0) is 0 Å². The minimum atomic E-state index is -6.00. The fourth-order valence-electron chi connectivity index (χ4n) is 0. The zero-order valence-corrected chi connectivity index (χ0v) is 8.74. The predicted molar refractivity (Wildman–Crippen MR) is 47.1 cm³/mol. The number of aliphatic hydroxyl groups is 1. The van der Waals surface area contributed by atoms with Crippen molar-refractivity contribution >= 4 is 16.5 Å². The molecule has 76 valence electrons. The van der Waals surface area contributed by atoms with Gasteiger partial charge in [0.2, 0.25) is 0 Å². The predicted octanol–water partition coefficient (Wildman–Crippen LogP) is 2.05. The molecule has 0 amide bonds. The summed E-state index contributed by atoms with van der Waals surface area (Å²) in [5, 5.41) is 8.98. The van der Waals surface area contributed by atoms with Crippen LogP contribution in [0, 0.1) is 0 Å². The van der Waals surface area contributed by atoms with E-state index in [2.05, 4.69) is 0 Å². The van der Waals surface area contributed by atoms with Crippen LogP contribution < -0.4 is 0 Å². The molecule has 0 bridgehead atoms. The van der Waals surface area contributed by atoms with Gasteiger partial charge >= 0.3 is 7.25 Å². The largest absolute Gasteiger partial charge is 0.673 e. The van der Waals surface area contributed by atoms with Crippen molar-refractivity contribution in [3.05, 3.63) is 0 Å². The summed E-state index contributed by atoms with van der Waals surface area (Å²) < 4.78 is 39.0. The van der Waals surface area contributed by atoms with E-state index < -0.39 is 7.25 Å². The first-order chi connectivity index (χ1) is 4.94. The monoisotopic (exact) mass is 208 g/mol. The second-order valence-corrected chi connectivity index (χ2v) is 4.98. The quantitative estimate of drug-likeness (QED) is 0.397. The van der Waals surface area contributed by atoms with Crippen molar-refractivity contribution in [3.8, 4) is 0 Å². The zero-order chi connectivity index (χ0) is 10.6. The molecular weight excluding hydrogens is 194 g/mol. The first-order valence-corrected chi connectivity index (χ1v) is 4.06. The van der Waals surface area contributed by atoms with Crippen molar-refractivity contribution < 1.29 is 22.4 Å². The first kappa shape index (κ1) is 14.7. The van der Waals surface area contributed by atoms with E-state index in [1.54, 1.807) is 0 Å². The Kier molecular flexibility index (Phi) is 6.15. The maximum Gasteiger partial charge on any atom is 0.673 e. The standard InChI is InChI=1S/C5H13OP.BF4/c1-4(6)5(2,3)7;2-1(3,4)5/h4,6H,7H2,1-3H3;/q;-1/p+1. The second-order valence-electron chi connectivity index (χ2n) is 3.16. The maximum atomic E-state index is 9.75. The highest BCUT2D eigenvalue weighted by Gasteiger charge is 2.22. The Labute approximate surface area is 71.8 Å². The van der Waals surface area contributed by atoms with E-state index in [9.17, 15) is 17.3 Å². The Bertz CT molecular complexity index is 114. The van der Waals surface area contributed by atoms with Gasteiger partial charge in [-0.3, -0.25) is 0 Å². The number of halogens is 4. The molecule has 0 radical (unpaired) electrons. The van der Waals surface area contributed by atoms with Gasteiger partial charge in [-0.1, -0.05) is 0 Å². The van der Waals surface area contributed by atoms with Crippen molar-refractivity contribution in [2.24, 2.45) is 0 Å². The lowest BCUT2D eigenvalue weighted by Crippen LogP contribution is -2.25. The third-order valence-corrected chi connectivity index (χ3v) is 1.72. The molecule has 0 aliphatic rings. The molecule has 2 atom stereocenters. The summed E-state index contributed by atoms with van der Waals surface area (Å²) in [6, 6.07) is 0. The molecule has 0 aliphatic heterocycles. The Morgan fingerprint density at radius 1 is 1.25 bits per heavy atom. The minimum absolute atomic E-state index is 0.0833. The Morgan fingerprint density at radius 3 is 1.33 bits per heavy atom. The van der Waals surface area contributed by atoms with Crippen molar-refractivity contribution in [1.29, 1.82) is 0 Å². The van der Waals surface area contributed by atoms with Crippen molar-refractivity contribution in [2.75, 3.05) is 0 Å². The first-order valence-electron chi connectivity index (χ1n) is 3.35. The van der Waals surface area contributed by atoms with Gasteiger partial charge in [-0.2, -0.15) is 0 Å². The van der Waals surface area contributed by atoms with Gasteiger partial charge in [0.15, 0.2) is 0 Å². The second kappa shape index (κ2) is 5.02. The highest BCUT2D eigenvalue weighted by atomic mass is 31.0. The molecule has 2 unspecified atom stereocenters. The fraction of sp³-hybridized carbons (Fsp3) is 1.00. The van der Waals surface area contributed by atoms with E-state index in [-0.39, 0.29) is 11.3 Å². The van der Waals surface area contributed by atoms with Gasteiger partial charge < -0.3 is 22.4 Å². The summed E-state index contributed by atoms with van der Waals surface area (Å²) in [4.78, 5) is 0. The molecule has 7 heteroatoms. The fourth-order valence-corrected chi connectivity index (χ4v) is 0. The molecule has 0 heterocycles. The van der Waals surface area contributed by atoms with Crippen LogP contribution in [0.15, 0.2) is 0 Å². The SMILES string of the molecule is CC(O)C(C)(C)[PH3+].F[B-](F)(F)F. The van der Waals surface area contributed by atoms with Crippen LogP contribution >= 0.6 is 9.24 Å². The highest BCUT2D eigenvalue weighted by molar-refractivity contribution is 7.18. The summed E-state index contributed by atoms with van der Waals surface area (Å²) in [5.74, 6) is 0. The van der Waals surface area contributed by atoms with E-state index in [1.165, 1.54) is 0 Å². The molecule has 0 rings (SSSR count). The highest BCUT2D eigenvalue weighted by Crippen LogP contribution is 2.19. The Morgan fingerprint density at radius 2 is 1.33 bits per heavy atom. The molecule has 0 spiro atoms. The number of aliphatic hydroxyl groups excluding tert-OH is 1. The molecule has 0 aliphatic carbocycles. The van der Waals surface area contributed by atoms with E-state index in [0.717, 1.165) is 0 Å². The van der Waals surface area contributed by atoms with E-state index >= 15 is 0 Å². The minimum Gasteiger partial charge on any atom is -0.418 e. The van der Waals surface area contributed by atoms with Gasteiger partial charge in [-0.15, -0.1) is 0 Å². The van der Waals surface area contributed by atoms with E-state index in [0.29, 0.717) is 0 Å². The third-order valence-electron chi connectivity index (χ3n) is 1.13. The van der Waals surface area contributed by atoms with Crippen molar-refractivity contribution in [3.63, 3.8) is 0 Å². The van der Waals surface area contributed by atoms with E-state index in [4.69, 9.17) is 5.11 Å². The summed E-state index contributed by atoms with van der Waals surface area (Å²) in [5.41, 5.74) is 0. The zero-order valence-electron chi connectivity index (χ0n) is 7.32. The van der Waals surface area contributed by atoms with Crippen LogP contribution in [0.1, 0.15) is 20.8 Å². The lowest BCUT2D eigenvalue weighted by molar-refractivity contribution is 0.161.